The molecule has 2 aromatic carbocycles. The molecule has 4 aromatic rings. The van der Waals surface area contributed by atoms with Gasteiger partial charge in [0, 0.05) is 16.8 Å². The van der Waals surface area contributed by atoms with Gasteiger partial charge in [0.2, 0.25) is 4.96 Å². The highest BCUT2D eigenvalue weighted by atomic mass is 79.9. The summed E-state index contributed by atoms with van der Waals surface area (Å²) in [5.74, 6) is 1.22. The maximum Gasteiger partial charge on any atom is 0.255 e. The molecule has 9 heteroatoms. The van der Waals surface area contributed by atoms with Crippen LogP contribution in [0.15, 0.2) is 40.9 Å². The van der Waals surface area contributed by atoms with Crippen LogP contribution < -0.4 is 10.1 Å². The average molecular weight is 458 g/mol. The molecule has 1 amide bonds. The van der Waals surface area contributed by atoms with Gasteiger partial charge in [0.05, 0.1) is 11.6 Å². The Bertz CT molecular complexity index is 1200. The van der Waals surface area contributed by atoms with E-state index in [9.17, 15) is 4.79 Å². The number of ether oxygens (including phenoxy) is 1. The van der Waals surface area contributed by atoms with Gasteiger partial charge < -0.3 is 10.1 Å². The summed E-state index contributed by atoms with van der Waals surface area (Å²) in [5.41, 5.74) is 3.14. The topological polar surface area (TPSA) is 81.4 Å². The minimum absolute atomic E-state index is 0.197. The lowest BCUT2D eigenvalue weighted by Gasteiger charge is -2.11. The molecule has 0 bridgehead atoms. The van der Waals surface area contributed by atoms with E-state index in [0.717, 1.165) is 37.1 Å². The van der Waals surface area contributed by atoms with Crippen molar-refractivity contribution in [1.82, 2.24) is 19.8 Å². The molecule has 0 radical (unpaired) electrons. The summed E-state index contributed by atoms with van der Waals surface area (Å²) in [4.78, 5) is 13.4. The normalized spacial score (nSPS) is 11.0. The van der Waals surface area contributed by atoms with Crippen LogP contribution in [0.25, 0.3) is 15.5 Å². The number of anilines is 1. The van der Waals surface area contributed by atoms with Gasteiger partial charge in [-0.1, -0.05) is 23.5 Å². The van der Waals surface area contributed by atoms with Crippen molar-refractivity contribution in [2.45, 2.75) is 13.8 Å². The Hall–Kier alpha value is -2.78. The van der Waals surface area contributed by atoms with Gasteiger partial charge >= 0.3 is 0 Å². The second-order valence-electron chi connectivity index (χ2n) is 6.18. The summed E-state index contributed by atoms with van der Waals surface area (Å²) in [6.07, 6.45) is 0. The maximum absolute atomic E-state index is 12.7. The number of halogens is 1. The van der Waals surface area contributed by atoms with Gasteiger partial charge in [-0.25, -0.2) is 0 Å². The van der Waals surface area contributed by atoms with Gasteiger partial charge in [0.1, 0.15) is 10.8 Å². The number of nitrogens with zero attached hydrogens (tertiary/aromatic N) is 4. The SMILES string of the molecule is COc1ccc(C(=O)Nc2cc(-c3nn4c(C)nnc4s3)ccc2C)cc1Br. The van der Waals surface area contributed by atoms with E-state index in [4.69, 9.17) is 4.74 Å². The quantitative estimate of drug-likeness (QED) is 0.487. The summed E-state index contributed by atoms with van der Waals surface area (Å²) < 4.78 is 7.65. The molecule has 0 saturated heterocycles. The van der Waals surface area contributed by atoms with Crippen LogP contribution in [0.2, 0.25) is 0 Å². The Morgan fingerprint density at radius 2 is 2.00 bits per heavy atom. The fraction of sp³-hybridized carbons (Fsp3) is 0.158. The van der Waals surface area contributed by atoms with Gasteiger partial charge in [-0.15, -0.1) is 10.2 Å². The lowest BCUT2D eigenvalue weighted by Crippen LogP contribution is -2.13. The molecule has 0 aliphatic rings. The van der Waals surface area contributed by atoms with Crippen LogP contribution in [-0.2, 0) is 0 Å². The zero-order valence-corrected chi connectivity index (χ0v) is 17.8. The van der Waals surface area contributed by atoms with E-state index < -0.39 is 0 Å². The van der Waals surface area contributed by atoms with Gasteiger partial charge in [0.25, 0.3) is 5.91 Å². The van der Waals surface area contributed by atoms with Crippen molar-refractivity contribution in [1.29, 1.82) is 0 Å². The Morgan fingerprint density at radius 1 is 1.18 bits per heavy atom. The molecule has 28 heavy (non-hydrogen) atoms. The predicted octanol–water partition coefficient (Wildman–Crippen LogP) is 4.49. The number of rotatable bonds is 4. The molecule has 142 valence electrons. The molecule has 0 fully saturated rings. The van der Waals surface area contributed by atoms with Crippen molar-refractivity contribution in [3.05, 3.63) is 57.8 Å². The van der Waals surface area contributed by atoms with Crippen LogP contribution in [-0.4, -0.2) is 32.8 Å². The highest BCUT2D eigenvalue weighted by molar-refractivity contribution is 9.10. The van der Waals surface area contributed by atoms with Crippen LogP contribution in [0.1, 0.15) is 21.7 Å². The van der Waals surface area contributed by atoms with Gasteiger partial charge in [0.15, 0.2) is 5.82 Å². The molecule has 4 rings (SSSR count). The molecule has 0 saturated carbocycles. The number of hydrogen-bond acceptors (Lipinski definition) is 6. The molecular weight excluding hydrogens is 442 g/mol. The average Bonchev–Trinajstić information content (AvgIpc) is 3.25. The number of fused-ring (bicyclic) bond motifs is 1. The number of hydrogen-bond donors (Lipinski definition) is 1. The largest absolute Gasteiger partial charge is 0.496 e. The highest BCUT2D eigenvalue weighted by Crippen LogP contribution is 2.30. The maximum atomic E-state index is 12.7. The number of carbonyl (C=O) groups excluding carboxylic acids is 1. The third-order valence-electron chi connectivity index (χ3n) is 4.29. The fourth-order valence-electron chi connectivity index (χ4n) is 2.72. The standard InChI is InChI=1S/C19H16BrN5O2S/c1-10-4-5-13(18-24-25-11(2)22-23-19(25)28-18)9-15(10)21-17(26)12-6-7-16(27-3)14(20)8-12/h4-9H,1-3H3,(H,21,26). The van der Waals surface area contributed by atoms with E-state index in [1.165, 1.54) is 11.3 Å². The van der Waals surface area contributed by atoms with E-state index >= 15 is 0 Å². The number of aromatic nitrogens is 4. The zero-order chi connectivity index (χ0) is 19.8. The molecule has 1 N–H and O–H groups in total. The first-order valence-corrected chi connectivity index (χ1v) is 10.0. The molecule has 0 aliphatic heterocycles. The number of carbonyl (C=O) groups is 1. The summed E-state index contributed by atoms with van der Waals surface area (Å²) in [6.45, 7) is 3.81. The second-order valence-corrected chi connectivity index (χ2v) is 7.99. The van der Waals surface area contributed by atoms with Crippen molar-refractivity contribution in [2.75, 3.05) is 12.4 Å². The molecule has 0 spiro atoms. The minimum Gasteiger partial charge on any atom is -0.496 e. The van der Waals surface area contributed by atoms with Gasteiger partial charge in [-0.2, -0.15) is 9.61 Å². The molecule has 0 atom stereocenters. The Morgan fingerprint density at radius 3 is 2.71 bits per heavy atom. The van der Waals surface area contributed by atoms with Crippen LogP contribution in [0.3, 0.4) is 0 Å². The number of methoxy groups -OCH3 is 1. The third-order valence-corrected chi connectivity index (χ3v) is 5.86. The van der Waals surface area contributed by atoms with Gasteiger partial charge in [-0.05, 0) is 59.6 Å². The zero-order valence-electron chi connectivity index (χ0n) is 15.4. The van der Waals surface area contributed by atoms with E-state index in [1.807, 2.05) is 32.0 Å². The Kier molecular flexibility index (Phi) is 4.86. The first kappa shape index (κ1) is 18.6. The summed E-state index contributed by atoms with van der Waals surface area (Å²) >= 11 is 4.86. The van der Waals surface area contributed by atoms with Crippen molar-refractivity contribution < 1.29 is 9.53 Å². The number of aryl methyl sites for hydroxylation is 2. The van der Waals surface area contributed by atoms with E-state index in [1.54, 1.807) is 29.8 Å². The van der Waals surface area contributed by atoms with Crippen molar-refractivity contribution >= 4 is 43.8 Å². The lowest BCUT2D eigenvalue weighted by atomic mass is 10.1. The van der Waals surface area contributed by atoms with Crippen LogP contribution in [0, 0.1) is 13.8 Å². The smallest absolute Gasteiger partial charge is 0.255 e. The van der Waals surface area contributed by atoms with Crippen LogP contribution in [0.5, 0.6) is 5.75 Å². The monoisotopic (exact) mass is 457 g/mol. The second kappa shape index (κ2) is 7.33. The van der Waals surface area contributed by atoms with Crippen molar-refractivity contribution in [3.8, 4) is 16.3 Å². The number of benzene rings is 2. The molecule has 7 nitrogen and oxygen atoms in total. The molecular formula is C19H16BrN5O2S. The number of nitrogens with one attached hydrogen (secondary N) is 1. The predicted molar refractivity (Wildman–Crippen MR) is 112 cm³/mol. The Balaban J connectivity index is 1.63. The lowest BCUT2D eigenvalue weighted by molar-refractivity contribution is 0.102. The Labute approximate surface area is 173 Å². The minimum atomic E-state index is -0.197. The highest BCUT2D eigenvalue weighted by Gasteiger charge is 2.14. The van der Waals surface area contributed by atoms with Crippen molar-refractivity contribution in [3.63, 3.8) is 0 Å². The first-order valence-electron chi connectivity index (χ1n) is 8.41. The molecule has 2 heterocycles. The molecule has 0 unspecified atom stereocenters. The molecule has 0 aliphatic carbocycles. The first-order chi connectivity index (χ1) is 13.5. The summed E-state index contributed by atoms with van der Waals surface area (Å²) in [5, 5.41) is 16.5. The molecule has 2 aromatic heterocycles. The van der Waals surface area contributed by atoms with Crippen LogP contribution in [0.4, 0.5) is 5.69 Å². The summed E-state index contributed by atoms with van der Waals surface area (Å²) in [6, 6.07) is 11.1. The van der Waals surface area contributed by atoms with E-state index in [-0.39, 0.29) is 5.91 Å². The summed E-state index contributed by atoms with van der Waals surface area (Å²) in [7, 11) is 1.59. The van der Waals surface area contributed by atoms with Gasteiger partial charge in [-0.3, -0.25) is 4.79 Å². The van der Waals surface area contributed by atoms with Crippen molar-refractivity contribution in [2.24, 2.45) is 0 Å². The van der Waals surface area contributed by atoms with E-state index in [0.29, 0.717) is 11.3 Å². The third kappa shape index (κ3) is 3.38. The number of amides is 1. The fourth-order valence-corrected chi connectivity index (χ4v) is 4.15. The van der Waals surface area contributed by atoms with E-state index in [2.05, 4.69) is 36.5 Å². The van der Waals surface area contributed by atoms with Crippen LogP contribution >= 0.6 is 27.3 Å².